The predicted molar refractivity (Wildman–Crippen MR) is 86.5 cm³/mol. The summed E-state index contributed by atoms with van der Waals surface area (Å²) in [4.78, 5) is 0. The van der Waals surface area contributed by atoms with Gasteiger partial charge in [-0.3, -0.25) is 0 Å². The molecule has 5 heteroatoms. The van der Waals surface area contributed by atoms with Crippen molar-refractivity contribution in [1.29, 1.82) is 0 Å². The first kappa shape index (κ1) is 14.7. The van der Waals surface area contributed by atoms with E-state index in [2.05, 4.69) is 0 Å². The highest BCUT2D eigenvalue weighted by Gasteiger charge is 2.52. The third-order valence-corrected chi connectivity index (χ3v) is 4.67. The lowest BCUT2D eigenvalue weighted by molar-refractivity contribution is 0.00578. The van der Waals surface area contributed by atoms with E-state index in [9.17, 15) is 0 Å². The van der Waals surface area contributed by atoms with Gasteiger partial charge in [-0.05, 0) is 52.0 Å². The molecule has 1 aliphatic heterocycles. The molecule has 3 rings (SSSR count). The predicted octanol–water partition coefficient (Wildman–Crippen LogP) is 3.43. The van der Waals surface area contributed by atoms with Crippen molar-refractivity contribution in [1.82, 2.24) is 4.57 Å². The molecule has 1 aromatic heterocycles. The van der Waals surface area contributed by atoms with Crippen LogP contribution in [0.3, 0.4) is 0 Å². The van der Waals surface area contributed by atoms with E-state index in [-0.39, 0.29) is 11.2 Å². The molecule has 0 bridgehead atoms. The quantitative estimate of drug-likeness (QED) is 0.794. The Kier molecular flexibility index (Phi) is 3.43. The summed E-state index contributed by atoms with van der Waals surface area (Å²) in [5.74, 6) is 0. The Hall–Kier alpha value is -1.23. The molecule has 21 heavy (non-hydrogen) atoms. The topological polar surface area (TPSA) is 23.4 Å². The molecule has 0 N–H and O–H groups in total. The summed E-state index contributed by atoms with van der Waals surface area (Å²) in [6.45, 7) is 8.18. The molecule has 1 aliphatic rings. The van der Waals surface area contributed by atoms with Gasteiger partial charge in [0.2, 0.25) is 0 Å². The monoisotopic (exact) mass is 303 g/mol. The maximum Gasteiger partial charge on any atom is 0.512 e. The lowest BCUT2D eigenvalue weighted by atomic mass is 9.84. The first-order chi connectivity index (χ1) is 9.82. The highest BCUT2D eigenvalue weighted by atomic mass is 35.5. The highest BCUT2D eigenvalue weighted by Crippen LogP contribution is 2.36. The Bertz CT molecular complexity index is 636. The second-order valence-corrected chi connectivity index (χ2v) is 6.73. The summed E-state index contributed by atoms with van der Waals surface area (Å²) in [5, 5.41) is 0.644. The van der Waals surface area contributed by atoms with E-state index in [1.165, 1.54) is 0 Å². The molecule has 0 radical (unpaired) electrons. The maximum absolute atomic E-state index is 6.35. The lowest BCUT2D eigenvalue weighted by Crippen LogP contribution is -2.41. The van der Waals surface area contributed by atoms with Crippen LogP contribution in [0, 0.1) is 0 Å². The van der Waals surface area contributed by atoms with Crippen molar-refractivity contribution in [2.24, 2.45) is 0 Å². The minimum atomic E-state index is -0.428. The Balaban J connectivity index is 2.03. The number of nitrogens with zero attached hydrogens (tertiary/aromatic N) is 1. The smallest absolute Gasteiger partial charge is 0.398 e. The van der Waals surface area contributed by atoms with Gasteiger partial charge in [0, 0.05) is 5.69 Å². The molecular formula is C16H19BClNO2. The highest BCUT2D eigenvalue weighted by molar-refractivity contribution is 6.61. The second kappa shape index (κ2) is 4.91. The minimum absolute atomic E-state index is 0.365. The average molecular weight is 304 g/mol. The van der Waals surface area contributed by atoms with Gasteiger partial charge < -0.3 is 13.9 Å². The third kappa shape index (κ3) is 2.41. The lowest BCUT2D eigenvalue weighted by Gasteiger charge is -2.32. The van der Waals surface area contributed by atoms with Crippen LogP contribution in [0.15, 0.2) is 42.5 Å². The van der Waals surface area contributed by atoms with Crippen molar-refractivity contribution >= 4 is 24.3 Å². The fraction of sp³-hybridized carbons (Fsp3) is 0.375. The molecule has 0 spiro atoms. The van der Waals surface area contributed by atoms with Crippen molar-refractivity contribution < 1.29 is 9.31 Å². The zero-order valence-corrected chi connectivity index (χ0v) is 13.5. The fourth-order valence-electron chi connectivity index (χ4n) is 2.42. The van der Waals surface area contributed by atoms with Gasteiger partial charge in [0.1, 0.15) is 5.15 Å². The molecule has 2 heterocycles. The molecule has 1 aromatic carbocycles. The minimum Gasteiger partial charge on any atom is -0.398 e. The van der Waals surface area contributed by atoms with E-state index in [1.807, 2.05) is 74.7 Å². The molecule has 0 atom stereocenters. The molecular weight excluding hydrogens is 284 g/mol. The van der Waals surface area contributed by atoms with Crippen LogP contribution in [0.4, 0.5) is 0 Å². The van der Waals surface area contributed by atoms with Gasteiger partial charge in [0.15, 0.2) is 0 Å². The zero-order valence-electron chi connectivity index (χ0n) is 12.8. The molecule has 0 unspecified atom stereocenters. The van der Waals surface area contributed by atoms with Crippen LogP contribution in [0.25, 0.3) is 5.69 Å². The number of halogens is 1. The molecule has 1 saturated heterocycles. The Morgan fingerprint density at radius 2 is 1.48 bits per heavy atom. The number of para-hydroxylation sites is 1. The number of rotatable bonds is 2. The molecule has 3 nitrogen and oxygen atoms in total. The van der Waals surface area contributed by atoms with Gasteiger partial charge in [-0.1, -0.05) is 29.8 Å². The largest absolute Gasteiger partial charge is 0.512 e. The van der Waals surface area contributed by atoms with E-state index < -0.39 is 7.12 Å². The Labute approximate surface area is 131 Å². The van der Waals surface area contributed by atoms with Gasteiger partial charge in [-0.2, -0.15) is 0 Å². The van der Waals surface area contributed by atoms with Crippen LogP contribution < -0.4 is 5.59 Å². The standard InChI is InChI=1S/C16H19BClNO2/c1-15(2)16(3,4)21-17(20-15)13-10-11-14(18)19(13)12-8-6-5-7-9-12/h5-11H,1-4H3. The summed E-state index contributed by atoms with van der Waals surface area (Å²) in [5.41, 5.74) is 1.17. The average Bonchev–Trinajstić information content (AvgIpc) is 2.89. The van der Waals surface area contributed by atoms with Crippen molar-refractivity contribution in [2.45, 2.75) is 38.9 Å². The number of benzene rings is 1. The summed E-state index contributed by atoms with van der Waals surface area (Å²) >= 11 is 6.35. The summed E-state index contributed by atoms with van der Waals surface area (Å²) in [6, 6.07) is 13.8. The summed E-state index contributed by atoms with van der Waals surface area (Å²) < 4.78 is 14.2. The number of hydrogen-bond acceptors (Lipinski definition) is 2. The van der Waals surface area contributed by atoms with Crippen molar-refractivity contribution in [3.8, 4) is 5.69 Å². The van der Waals surface area contributed by atoms with Crippen molar-refractivity contribution in [3.63, 3.8) is 0 Å². The number of aromatic nitrogens is 1. The van der Waals surface area contributed by atoms with Crippen LogP contribution in [-0.4, -0.2) is 22.9 Å². The van der Waals surface area contributed by atoms with E-state index in [0.29, 0.717) is 5.15 Å². The summed E-state index contributed by atoms with van der Waals surface area (Å²) in [7, 11) is -0.428. The maximum atomic E-state index is 6.35. The van der Waals surface area contributed by atoms with E-state index in [1.54, 1.807) is 0 Å². The number of hydrogen-bond donors (Lipinski definition) is 0. The SMILES string of the molecule is CC1(C)OB(c2ccc(Cl)n2-c2ccccc2)OC1(C)C. The zero-order chi connectivity index (χ0) is 15.3. The van der Waals surface area contributed by atoms with Crippen LogP contribution in [0.2, 0.25) is 5.15 Å². The van der Waals surface area contributed by atoms with E-state index in [4.69, 9.17) is 20.9 Å². The molecule has 1 fully saturated rings. The van der Waals surface area contributed by atoms with Crippen molar-refractivity contribution in [2.75, 3.05) is 0 Å². The first-order valence-electron chi connectivity index (χ1n) is 7.10. The van der Waals surface area contributed by atoms with Gasteiger partial charge in [0.25, 0.3) is 0 Å². The van der Waals surface area contributed by atoms with Gasteiger partial charge in [-0.15, -0.1) is 0 Å². The molecule has 0 aliphatic carbocycles. The van der Waals surface area contributed by atoms with Gasteiger partial charge in [0.05, 0.1) is 16.8 Å². The normalized spacial score (nSPS) is 20.0. The molecule has 0 amide bonds. The molecule has 0 saturated carbocycles. The molecule has 2 aromatic rings. The Morgan fingerprint density at radius 3 is 2.05 bits per heavy atom. The van der Waals surface area contributed by atoms with Crippen molar-refractivity contribution in [3.05, 3.63) is 47.6 Å². The van der Waals surface area contributed by atoms with Crippen LogP contribution >= 0.6 is 11.6 Å². The van der Waals surface area contributed by atoms with Crippen LogP contribution in [0.5, 0.6) is 0 Å². The Morgan fingerprint density at radius 1 is 0.905 bits per heavy atom. The van der Waals surface area contributed by atoms with Crippen LogP contribution in [-0.2, 0) is 9.31 Å². The van der Waals surface area contributed by atoms with E-state index >= 15 is 0 Å². The third-order valence-electron chi connectivity index (χ3n) is 4.37. The fourth-order valence-corrected chi connectivity index (χ4v) is 2.68. The van der Waals surface area contributed by atoms with Crippen LogP contribution in [0.1, 0.15) is 27.7 Å². The van der Waals surface area contributed by atoms with Gasteiger partial charge >= 0.3 is 7.12 Å². The molecule has 110 valence electrons. The second-order valence-electron chi connectivity index (χ2n) is 6.34. The van der Waals surface area contributed by atoms with E-state index in [0.717, 1.165) is 11.3 Å². The van der Waals surface area contributed by atoms with Gasteiger partial charge in [-0.25, -0.2) is 0 Å². The summed E-state index contributed by atoms with van der Waals surface area (Å²) in [6.07, 6.45) is 0. The first-order valence-corrected chi connectivity index (χ1v) is 7.48.